The normalized spacial score (nSPS) is 23.9. The van der Waals surface area contributed by atoms with E-state index in [1.165, 1.54) is 4.88 Å². The average Bonchev–Trinajstić information content (AvgIpc) is 2.90. The van der Waals surface area contributed by atoms with E-state index in [1.54, 1.807) is 11.3 Å². The van der Waals surface area contributed by atoms with Crippen molar-refractivity contribution in [3.63, 3.8) is 0 Å². The van der Waals surface area contributed by atoms with E-state index < -0.39 is 0 Å². The Hall–Kier alpha value is -0.730. The van der Waals surface area contributed by atoms with Crippen LogP contribution in [0.25, 0.3) is 0 Å². The molecule has 0 aromatic carbocycles. The van der Waals surface area contributed by atoms with Crippen LogP contribution < -0.4 is 10.2 Å². The molecule has 0 saturated carbocycles. The summed E-state index contributed by atoms with van der Waals surface area (Å²) in [6, 6.07) is 0. The van der Waals surface area contributed by atoms with Gasteiger partial charge >= 0.3 is 0 Å². The number of ether oxygens (including phenoxy) is 2. The molecule has 1 aromatic heterocycles. The second-order valence-electron chi connectivity index (χ2n) is 5.99. The topological polar surface area (TPSA) is 49.9 Å². The summed E-state index contributed by atoms with van der Waals surface area (Å²) >= 11 is 1.80. The molecule has 2 aliphatic heterocycles. The molecule has 3 heterocycles. The molecule has 1 aromatic rings. The minimum Gasteiger partial charge on any atom is -0.378 e. The summed E-state index contributed by atoms with van der Waals surface area (Å²) in [6.45, 7) is 10.3. The van der Waals surface area contributed by atoms with Crippen LogP contribution >= 0.6 is 11.3 Å². The Morgan fingerprint density at radius 3 is 2.86 bits per heavy atom. The number of hydrogen-bond donors (Lipinski definition) is 1. The molecule has 0 aliphatic carbocycles. The number of anilines is 1. The van der Waals surface area contributed by atoms with Crippen LogP contribution in [0.1, 0.15) is 10.6 Å². The molecule has 2 fully saturated rings. The van der Waals surface area contributed by atoms with Gasteiger partial charge in [-0.15, -0.1) is 11.3 Å². The molecular formula is C15H26N4O2S. The average molecular weight is 326 g/mol. The molecule has 0 radical (unpaired) electrons. The number of nitrogens with one attached hydrogen (secondary N) is 1. The summed E-state index contributed by atoms with van der Waals surface area (Å²) in [6.07, 6.45) is 0.297. The monoisotopic (exact) mass is 326 g/mol. The number of thiazole rings is 1. The van der Waals surface area contributed by atoms with E-state index in [9.17, 15) is 0 Å². The number of aryl methyl sites for hydroxylation is 1. The molecule has 124 valence electrons. The largest absolute Gasteiger partial charge is 0.378 e. The van der Waals surface area contributed by atoms with Crippen molar-refractivity contribution in [1.82, 2.24) is 15.2 Å². The van der Waals surface area contributed by atoms with Crippen LogP contribution in [0.15, 0.2) is 0 Å². The third-order valence-corrected chi connectivity index (χ3v) is 5.38. The van der Waals surface area contributed by atoms with E-state index in [-0.39, 0.29) is 0 Å². The first kappa shape index (κ1) is 16.1. The van der Waals surface area contributed by atoms with Crippen LogP contribution in [0.3, 0.4) is 0 Å². The standard InChI is InChI=1S/C15H26N4O2S/c1-12-14(10-16-9-13-11-18(2)3-8-21-13)22-15(17-12)19-4-6-20-7-5-19/h13,16H,3-11H2,1-2H3/t13-/m1/s1. The van der Waals surface area contributed by atoms with Gasteiger partial charge in [0.15, 0.2) is 5.13 Å². The number of nitrogens with zero attached hydrogens (tertiary/aromatic N) is 3. The number of likely N-dealkylation sites (N-methyl/N-ethyl adjacent to an activating group) is 1. The van der Waals surface area contributed by atoms with Gasteiger partial charge in [0.05, 0.1) is 31.6 Å². The summed E-state index contributed by atoms with van der Waals surface area (Å²) in [5.74, 6) is 0. The second kappa shape index (κ2) is 7.70. The fourth-order valence-electron chi connectivity index (χ4n) is 2.80. The third kappa shape index (κ3) is 4.17. The van der Waals surface area contributed by atoms with Gasteiger partial charge in [0.1, 0.15) is 0 Å². The Morgan fingerprint density at radius 1 is 1.27 bits per heavy atom. The van der Waals surface area contributed by atoms with Crippen LogP contribution in [0.2, 0.25) is 0 Å². The quantitative estimate of drug-likeness (QED) is 0.860. The summed E-state index contributed by atoms with van der Waals surface area (Å²) < 4.78 is 11.2. The summed E-state index contributed by atoms with van der Waals surface area (Å²) in [4.78, 5) is 10.7. The van der Waals surface area contributed by atoms with Crippen molar-refractivity contribution in [3.8, 4) is 0 Å². The predicted molar refractivity (Wildman–Crippen MR) is 88.8 cm³/mol. The molecule has 1 atom stereocenters. The molecule has 7 heteroatoms. The Bertz CT molecular complexity index is 476. The zero-order valence-corrected chi connectivity index (χ0v) is 14.3. The van der Waals surface area contributed by atoms with E-state index in [0.717, 1.165) is 69.9 Å². The van der Waals surface area contributed by atoms with Gasteiger partial charge in [-0.25, -0.2) is 4.98 Å². The maximum absolute atomic E-state index is 5.78. The molecule has 2 saturated heterocycles. The Labute approximate surface area is 136 Å². The van der Waals surface area contributed by atoms with Gasteiger partial charge in [0, 0.05) is 44.1 Å². The fraction of sp³-hybridized carbons (Fsp3) is 0.800. The number of rotatable bonds is 5. The highest BCUT2D eigenvalue weighted by atomic mass is 32.1. The molecule has 6 nitrogen and oxygen atoms in total. The van der Waals surface area contributed by atoms with E-state index in [4.69, 9.17) is 14.5 Å². The lowest BCUT2D eigenvalue weighted by Crippen LogP contribution is -2.44. The highest BCUT2D eigenvalue weighted by Gasteiger charge is 2.19. The van der Waals surface area contributed by atoms with Crippen LogP contribution in [0, 0.1) is 6.92 Å². The first-order valence-electron chi connectivity index (χ1n) is 8.02. The SMILES string of the molecule is Cc1nc(N2CCOCC2)sc1CNC[C@@H]1CN(C)CCO1. The lowest BCUT2D eigenvalue weighted by atomic mass is 10.3. The molecule has 0 unspecified atom stereocenters. The second-order valence-corrected chi connectivity index (χ2v) is 7.05. The summed E-state index contributed by atoms with van der Waals surface area (Å²) in [7, 11) is 2.15. The molecule has 1 N–H and O–H groups in total. The molecule has 22 heavy (non-hydrogen) atoms. The van der Waals surface area contributed by atoms with Gasteiger partial charge in [-0.3, -0.25) is 0 Å². The number of aromatic nitrogens is 1. The van der Waals surface area contributed by atoms with E-state index >= 15 is 0 Å². The molecule has 3 rings (SSSR count). The van der Waals surface area contributed by atoms with Crippen molar-refractivity contribution in [3.05, 3.63) is 10.6 Å². The lowest BCUT2D eigenvalue weighted by molar-refractivity contribution is -0.0182. The molecule has 0 spiro atoms. The first-order valence-corrected chi connectivity index (χ1v) is 8.84. The first-order chi connectivity index (χ1) is 10.7. The van der Waals surface area contributed by atoms with Gasteiger partial charge < -0.3 is 24.6 Å². The van der Waals surface area contributed by atoms with Gasteiger partial charge in [-0.1, -0.05) is 0 Å². The van der Waals surface area contributed by atoms with Gasteiger partial charge in [-0.2, -0.15) is 0 Å². The van der Waals surface area contributed by atoms with Gasteiger partial charge in [0.25, 0.3) is 0 Å². The van der Waals surface area contributed by atoms with Gasteiger partial charge in [0.2, 0.25) is 0 Å². The van der Waals surface area contributed by atoms with Crippen molar-refractivity contribution in [2.24, 2.45) is 0 Å². The van der Waals surface area contributed by atoms with Crippen molar-refractivity contribution >= 4 is 16.5 Å². The van der Waals surface area contributed by atoms with Crippen LogP contribution in [-0.2, 0) is 16.0 Å². The lowest BCUT2D eigenvalue weighted by Gasteiger charge is -2.30. The summed E-state index contributed by atoms with van der Waals surface area (Å²) in [5, 5.41) is 4.66. The highest BCUT2D eigenvalue weighted by Crippen LogP contribution is 2.26. The third-order valence-electron chi connectivity index (χ3n) is 4.16. The van der Waals surface area contributed by atoms with Crippen molar-refractivity contribution in [1.29, 1.82) is 0 Å². The molecule has 0 amide bonds. The predicted octanol–water partition coefficient (Wildman–Crippen LogP) is 0.708. The molecule has 2 aliphatic rings. The number of hydrogen-bond acceptors (Lipinski definition) is 7. The number of morpholine rings is 2. The maximum atomic E-state index is 5.78. The van der Waals surface area contributed by atoms with Crippen LogP contribution in [-0.4, -0.2) is 75.6 Å². The van der Waals surface area contributed by atoms with Crippen molar-refractivity contribution in [2.75, 3.05) is 64.5 Å². The van der Waals surface area contributed by atoms with Crippen LogP contribution in [0.5, 0.6) is 0 Å². The van der Waals surface area contributed by atoms with E-state index in [2.05, 4.69) is 29.1 Å². The fourth-order valence-corrected chi connectivity index (χ4v) is 3.89. The Morgan fingerprint density at radius 2 is 2.09 bits per heavy atom. The van der Waals surface area contributed by atoms with Crippen LogP contribution in [0.4, 0.5) is 5.13 Å². The zero-order chi connectivity index (χ0) is 15.4. The molecule has 0 bridgehead atoms. The van der Waals surface area contributed by atoms with E-state index in [1.807, 2.05) is 0 Å². The highest BCUT2D eigenvalue weighted by molar-refractivity contribution is 7.15. The minimum absolute atomic E-state index is 0.297. The van der Waals surface area contributed by atoms with Gasteiger partial charge in [-0.05, 0) is 14.0 Å². The maximum Gasteiger partial charge on any atom is 0.185 e. The Balaban J connectivity index is 1.48. The summed E-state index contributed by atoms with van der Waals surface area (Å²) in [5.41, 5.74) is 1.14. The minimum atomic E-state index is 0.297. The van der Waals surface area contributed by atoms with Crippen molar-refractivity contribution < 1.29 is 9.47 Å². The van der Waals surface area contributed by atoms with Crippen molar-refractivity contribution in [2.45, 2.75) is 19.6 Å². The zero-order valence-electron chi connectivity index (χ0n) is 13.5. The van der Waals surface area contributed by atoms with E-state index in [0.29, 0.717) is 6.10 Å². The smallest absolute Gasteiger partial charge is 0.185 e. The molecular weight excluding hydrogens is 300 g/mol. The Kier molecular flexibility index (Phi) is 5.65.